The van der Waals surface area contributed by atoms with E-state index in [-0.39, 0.29) is 54.4 Å². The summed E-state index contributed by atoms with van der Waals surface area (Å²) in [6.45, 7) is 15.1. The summed E-state index contributed by atoms with van der Waals surface area (Å²) < 4.78 is 12.2. The standard InChI is InChI=1S/C32H47NO7/c1-9-24(37)39-27(2,3)13-12-22(35)31(8)25-20(34)15-29(6)21-11-10-17-18(14-19(33)26(38)28(17,4)5)30(21,7)23(36)16-32(25,29)40-31/h10,18-21,25,34H,9,11-16,33H2,1-8H3/t18-,19+,20-,21+,25?,29+,30+,31+,32+/m1/s1. The smallest absolute Gasteiger partial charge is 0.306 e. The van der Waals surface area contributed by atoms with Crippen LogP contribution in [0.2, 0.25) is 0 Å². The third-order valence-electron chi connectivity index (χ3n) is 12.0. The van der Waals surface area contributed by atoms with Crippen molar-refractivity contribution in [3.63, 3.8) is 0 Å². The Balaban J connectivity index is 1.44. The van der Waals surface area contributed by atoms with Crippen LogP contribution in [0.15, 0.2) is 11.6 Å². The molecular weight excluding hydrogens is 510 g/mol. The molecule has 8 nitrogen and oxygen atoms in total. The highest BCUT2D eigenvalue weighted by atomic mass is 16.6. The SMILES string of the molecule is CCC(=O)OC(C)(C)CCC(=O)[C@]1(C)O[C@]23CC(=O)[C@@]4(C)[C@@H]5C[C@H](N)C(=O)C(C)(C)C5=CC[C@H]4[C@]2(C)C[C@@H](O)C13. The fourth-order valence-corrected chi connectivity index (χ4v) is 9.84. The third kappa shape index (κ3) is 3.60. The Morgan fingerprint density at radius 3 is 2.45 bits per heavy atom. The quantitative estimate of drug-likeness (QED) is 0.372. The fourth-order valence-electron chi connectivity index (χ4n) is 9.84. The van der Waals surface area contributed by atoms with Crippen LogP contribution in [0.1, 0.15) is 100 Å². The van der Waals surface area contributed by atoms with E-state index < -0.39 is 51.1 Å². The number of carbonyl (C=O) groups excluding carboxylic acids is 4. The topological polar surface area (TPSA) is 133 Å². The number of ether oxygens (including phenoxy) is 2. The molecule has 5 aliphatic rings. The number of fused-ring (bicyclic) bond motifs is 4. The van der Waals surface area contributed by atoms with Crippen molar-refractivity contribution >= 4 is 23.3 Å². The normalized spacial score (nSPS) is 45.4. The van der Waals surface area contributed by atoms with Gasteiger partial charge in [-0.3, -0.25) is 19.2 Å². The van der Waals surface area contributed by atoms with E-state index in [2.05, 4.69) is 13.0 Å². The lowest BCUT2D eigenvalue weighted by Crippen LogP contribution is -2.78. The Morgan fingerprint density at radius 1 is 1.18 bits per heavy atom. The van der Waals surface area contributed by atoms with Gasteiger partial charge in [0.1, 0.15) is 17.0 Å². The Labute approximate surface area is 237 Å². The van der Waals surface area contributed by atoms with Crippen molar-refractivity contribution in [1.82, 2.24) is 0 Å². The number of nitrogens with two attached hydrogens (primary N) is 1. The molecule has 0 bridgehead atoms. The number of hydrogen-bond donors (Lipinski definition) is 2. The van der Waals surface area contributed by atoms with E-state index in [1.54, 1.807) is 27.7 Å². The van der Waals surface area contributed by atoms with Crippen LogP contribution in [0.25, 0.3) is 0 Å². The lowest BCUT2D eigenvalue weighted by Gasteiger charge is -2.70. The molecule has 222 valence electrons. The van der Waals surface area contributed by atoms with Crippen molar-refractivity contribution in [3.05, 3.63) is 11.6 Å². The molecule has 1 heterocycles. The molecule has 1 spiro atoms. The molecule has 0 aromatic rings. The molecule has 1 unspecified atom stereocenters. The summed E-state index contributed by atoms with van der Waals surface area (Å²) >= 11 is 0. The van der Waals surface area contributed by atoms with E-state index in [1.807, 2.05) is 20.8 Å². The summed E-state index contributed by atoms with van der Waals surface area (Å²) in [7, 11) is 0. The number of ketones is 3. The van der Waals surface area contributed by atoms with Crippen molar-refractivity contribution in [3.8, 4) is 0 Å². The molecule has 0 radical (unpaired) electrons. The minimum absolute atomic E-state index is 0.0172. The lowest BCUT2D eigenvalue weighted by atomic mass is 9.39. The Hall–Kier alpha value is -1.90. The van der Waals surface area contributed by atoms with Crippen LogP contribution in [0.3, 0.4) is 0 Å². The Bertz CT molecular complexity index is 1200. The minimum Gasteiger partial charge on any atom is -0.460 e. The zero-order valence-electron chi connectivity index (χ0n) is 25.4. The van der Waals surface area contributed by atoms with Gasteiger partial charge in [-0.15, -0.1) is 0 Å². The molecule has 0 aromatic heterocycles. The molecule has 9 atom stereocenters. The average Bonchev–Trinajstić information content (AvgIpc) is 3.03. The van der Waals surface area contributed by atoms with E-state index >= 15 is 0 Å². The average molecular weight is 558 g/mol. The van der Waals surface area contributed by atoms with Crippen LogP contribution in [-0.2, 0) is 28.7 Å². The highest BCUT2D eigenvalue weighted by Crippen LogP contribution is 2.76. The third-order valence-corrected chi connectivity index (χ3v) is 12.0. The number of aliphatic hydroxyl groups is 1. The maximum Gasteiger partial charge on any atom is 0.306 e. The molecule has 1 saturated heterocycles. The van der Waals surface area contributed by atoms with E-state index in [0.29, 0.717) is 25.7 Å². The van der Waals surface area contributed by atoms with Crippen molar-refractivity contribution in [2.75, 3.05) is 0 Å². The number of rotatable bonds is 6. The van der Waals surface area contributed by atoms with Gasteiger partial charge < -0.3 is 20.3 Å². The monoisotopic (exact) mass is 557 g/mol. The van der Waals surface area contributed by atoms with Crippen molar-refractivity contribution in [2.24, 2.45) is 39.7 Å². The largest absolute Gasteiger partial charge is 0.460 e. The summed E-state index contributed by atoms with van der Waals surface area (Å²) in [5.74, 6) is -1.12. The van der Waals surface area contributed by atoms with Gasteiger partial charge in [0.05, 0.1) is 23.7 Å². The van der Waals surface area contributed by atoms with Gasteiger partial charge in [-0.25, -0.2) is 0 Å². The highest BCUT2D eigenvalue weighted by Gasteiger charge is 2.83. The molecule has 40 heavy (non-hydrogen) atoms. The van der Waals surface area contributed by atoms with Crippen LogP contribution in [-0.4, -0.2) is 57.4 Å². The van der Waals surface area contributed by atoms with Gasteiger partial charge in [-0.1, -0.05) is 32.4 Å². The van der Waals surface area contributed by atoms with Gasteiger partial charge in [0.25, 0.3) is 0 Å². The second-order valence-electron chi connectivity index (χ2n) is 15.0. The molecule has 1 aliphatic heterocycles. The van der Waals surface area contributed by atoms with E-state index in [0.717, 1.165) is 5.57 Å². The molecule has 0 amide bonds. The summed E-state index contributed by atoms with van der Waals surface area (Å²) in [5.41, 5.74) is 2.44. The Morgan fingerprint density at radius 2 is 1.82 bits per heavy atom. The predicted octanol–water partition coefficient (Wildman–Crippen LogP) is 3.85. The van der Waals surface area contributed by atoms with Crippen LogP contribution < -0.4 is 5.73 Å². The molecule has 5 rings (SSSR count). The van der Waals surface area contributed by atoms with Gasteiger partial charge in [0.15, 0.2) is 11.6 Å². The van der Waals surface area contributed by atoms with E-state index in [4.69, 9.17) is 15.2 Å². The molecular formula is C32H47NO7. The number of aliphatic hydroxyl groups excluding tert-OH is 1. The first-order chi connectivity index (χ1) is 18.3. The number of hydrogen-bond acceptors (Lipinski definition) is 8. The second kappa shape index (κ2) is 8.81. The molecule has 3 N–H and O–H groups in total. The molecule has 0 aromatic carbocycles. The lowest BCUT2D eigenvalue weighted by molar-refractivity contribution is -0.346. The van der Waals surface area contributed by atoms with Gasteiger partial charge in [0.2, 0.25) is 0 Å². The number of esters is 1. The van der Waals surface area contributed by atoms with Gasteiger partial charge in [-0.2, -0.15) is 0 Å². The highest BCUT2D eigenvalue weighted by molar-refractivity contribution is 5.96. The fraction of sp³-hybridized carbons (Fsp3) is 0.812. The predicted molar refractivity (Wildman–Crippen MR) is 148 cm³/mol. The minimum atomic E-state index is -1.21. The van der Waals surface area contributed by atoms with Crippen LogP contribution in [0.4, 0.5) is 0 Å². The van der Waals surface area contributed by atoms with Crippen molar-refractivity contribution in [1.29, 1.82) is 0 Å². The molecule has 3 saturated carbocycles. The molecule has 4 aliphatic carbocycles. The van der Waals surface area contributed by atoms with Gasteiger partial charge >= 0.3 is 5.97 Å². The van der Waals surface area contributed by atoms with Crippen molar-refractivity contribution in [2.45, 2.75) is 129 Å². The number of allylic oxidation sites excluding steroid dienone is 2. The van der Waals surface area contributed by atoms with Crippen LogP contribution in [0, 0.1) is 34.0 Å². The first kappa shape index (κ1) is 29.6. The molecule has 8 heteroatoms. The number of Topliss-reactive ketones (excluding diaryl/α,β-unsaturated/α-hetero) is 3. The second-order valence-corrected chi connectivity index (χ2v) is 15.0. The number of carbonyl (C=O) groups is 4. The van der Waals surface area contributed by atoms with Gasteiger partial charge in [-0.05, 0) is 72.1 Å². The summed E-state index contributed by atoms with van der Waals surface area (Å²) in [4.78, 5) is 52.8. The first-order valence-electron chi connectivity index (χ1n) is 15.0. The van der Waals surface area contributed by atoms with E-state index in [1.165, 1.54) is 0 Å². The first-order valence-corrected chi connectivity index (χ1v) is 15.0. The van der Waals surface area contributed by atoms with Crippen LogP contribution >= 0.6 is 0 Å². The molecule has 4 fully saturated rings. The maximum atomic E-state index is 14.3. The summed E-state index contributed by atoms with van der Waals surface area (Å²) in [5, 5.41) is 11.5. The summed E-state index contributed by atoms with van der Waals surface area (Å²) in [6.07, 6.45) is 3.74. The maximum absolute atomic E-state index is 14.3. The van der Waals surface area contributed by atoms with Crippen molar-refractivity contribution < 1.29 is 33.8 Å². The summed E-state index contributed by atoms with van der Waals surface area (Å²) in [6, 6.07) is -0.618. The van der Waals surface area contributed by atoms with E-state index in [9.17, 15) is 24.3 Å². The zero-order chi connectivity index (χ0) is 29.8. The van der Waals surface area contributed by atoms with Gasteiger partial charge in [0, 0.05) is 35.5 Å². The Kier molecular flexibility index (Phi) is 6.51. The van der Waals surface area contributed by atoms with Crippen LogP contribution in [0.5, 0.6) is 0 Å². The zero-order valence-corrected chi connectivity index (χ0v) is 25.4.